The maximum absolute atomic E-state index is 11.5. The molecule has 0 fully saturated rings. The maximum Gasteiger partial charge on any atom is 0.294 e. The number of rotatable bonds is 4. The third-order valence-corrected chi connectivity index (χ3v) is 2.43. The number of anilines is 1. The van der Waals surface area contributed by atoms with Crippen molar-refractivity contribution in [2.75, 3.05) is 5.32 Å². The molecular formula is C10H12ClN3O3. The monoisotopic (exact) mass is 257 g/mol. The fourth-order valence-corrected chi connectivity index (χ4v) is 1.34. The molecule has 1 aromatic rings. The summed E-state index contributed by atoms with van der Waals surface area (Å²) in [7, 11) is 0. The highest BCUT2D eigenvalue weighted by Crippen LogP contribution is 2.27. The Kier molecular flexibility index (Phi) is 4.42. The summed E-state index contributed by atoms with van der Waals surface area (Å²) < 4.78 is 0. The van der Waals surface area contributed by atoms with Crippen molar-refractivity contribution in [1.82, 2.24) is 0 Å². The Morgan fingerprint density at radius 3 is 2.82 bits per heavy atom. The van der Waals surface area contributed by atoms with Gasteiger partial charge in [-0.2, -0.15) is 0 Å². The van der Waals surface area contributed by atoms with Crippen molar-refractivity contribution < 1.29 is 9.72 Å². The van der Waals surface area contributed by atoms with Crippen LogP contribution in [-0.4, -0.2) is 16.9 Å². The van der Waals surface area contributed by atoms with Gasteiger partial charge in [0.25, 0.3) is 5.69 Å². The molecular weight excluding hydrogens is 246 g/mol. The van der Waals surface area contributed by atoms with Crippen molar-refractivity contribution in [2.45, 2.75) is 19.4 Å². The first-order valence-corrected chi connectivity index (χ1v) is 5.34. The number of nitrogens with zero attached hydrogens (tertiary/aromatic N) is 1. The van der Waals surface area contributed by atoms with E-state index in [-0.39, 0.29) is 16.4 Å². The van der Waals surface area contributed by atoms with Crippen LogP contribution in [0.1, 0.15) is 13.3 Å². The Morgan fingerprint density at radius 2 is 2.29 bits per heavy atom. The second-order valence-corrected chi connectivity index (χ2v) is 3.86. The van der Waals surface area contributed by atoms with Gasteiger partial charge in [-0.25, -0.2) is 0 Å². The summed E-state index contributed by atoms with van der Waals surface area (Å²) in [4.78, 5) is 21.7. The standard InChI is InChI=1S/C10H12ClN3O3/c1-2-7(12)10(15)13-8-4-3-6(11)5-9(8)14(16)17/h3-5,7H,2,12H2,1H3,(H,13,15)/t7-/m1/s1. The third kappa shape index (κ3) is 3.40. The lowest BCUT2D eigenvalue weighted by Crippen LogP contribution is -2.34. The molecule has 0 heterocycles. The molecule has 1 aromatic carbocycles. The molecule has 7 heteroatoms. The Bertz CT molecular complexity index is 450. The zero-order valence-corrected chi connectivity index (χ0v) is 9.90. The first-order chi connectivity index (χ1) is 7.95. The van der Waals surface area contributed by atoms with E-state index in [9.17, 15) is 14.9 Å². The van der Waals surface area contributed by atoms with E-state index in [0.29, 0.717) is 6.42 Å². The van der Waals surface area contributed by atoms with Crippen LogP contribution >= 0.6 is 11.6 Å². The number of carbonyl (C=O) groups is 1. The molecule has 0 spiro atoms. The van der Waals surface area contributed by atoms with Crippen LogP contribution in [0.15, 0.2) is 18.2 Å². The summed E-state index contributed by atoms with van der Waals surface area (Å²) in [5.74, 6) is -0.460. The van der Waals surface area contributed by atoms with E-state index < -0.39 is 16.9 Å². The summed E-state index contributed by atoms with van der Waals surface area (Å²) in [6.45, 7) is 1.75. The molecule has 0 saturated carbocycles. The van der Waals surface area contributed by atoms with Gasteiger partial charge in [0.2, 0.25) is 5.91 Å². The van der Waals surface area contributed by atoms with Crippen LogP contribution in [-0.2, 0) is 4.79 Å². The zero-order valence-electron chi connectivity index (χ0n) is 9.14. The molecule has 92 valence electrons. The van der Waals surface area contributed by atoms with E-state index >= 15 is 0 Å². The van der Waals surface area contributed by atoms with E-state index in [0.717, 1.165) is 0 Å². The zero-order chi connectivity index (χ0) is 13.0. The number of hydrogen-bond acceptors (Lipinski definition) is 4. The molecule has 0 aliphatic rings. The number of nitro benzene ring substituents is 1. The fourth-order valence-electron chi connectivity index (χ4n) is 1.17. The molecule has 17 heavy (non-hydrogen) atoms. The Balaban J connectivity index is 2.98. The summed E-state index contributed by atoms with van der Waals surface area (Å²) >= 11 is 5.65. The normalized spacial score (nSPS) is 11.9. The minimum atomic E-state index is -0.690. The summed E-state index contributed by atoms with van der Waals surface area (Å²) in [6, 6.07) is 3.32. The predicted molar refractivity (Wildman–Crippen MR) is 65.0 cm³/mol. The van der Waals surface area contributed by atoms with Gasteiger partial charge in [0.1, 0.15) is 5.69 Å². The lowest BCUT2D eigenvalue weighted by molar-refractivity contribution is -0.383. The van der Waals surface area contributed by atoms with E-state index in [1.165, 1.54) is 18.2 Å². The Labute approximate surface area is 103 Å². The summed E-state index contributed by atoms with van der Waals surface area (Å²) in [5, 5.41) is 13.4. The van der Waals surface area contributed by atoms with Crippen LogP contribution in [0.25, 0.3) is 0 Å². The largest absolute Gasteiger partial charge is 0.320 e. The van der Waals surface area contributed by atoms with Crippen molar-refractivity contribution in [3.05, 3.63) is 33.3 Å². The number of nitro groups is 1. The van der Waals surface area contributed by atoms with E-state index in [2.05, 4.69) is 5.32 Å². The first-order valence-electron chi connectivity index (χ1n) is 4.96. The van der Waals surface area contributed by atoms with Gasteiger partial charge in [-0.1, -0.05) is 18.5 Å². The van der Waals surface area contributed by atoms with Crippen LogP contribution in [0.5, 0.6) is 0 Å². The number of nitrogens with two attached hydrogens (primary N) is 1. The van der Waals surface area contributed by atoms with E-state index in [1.807, 2.05) is 0 Å². The number of carbonyl (C=O) groups excluding carboxylic acids is 1. The van der Waals surface area contributed by atoms with Crippen LogP contribution in [0.4, 0.5) is 11.4 Å². The molecule has 0 aliphatic carbocycles. The molecule has 0 radical (unpaired) electrons. The molecule has 6 nitrogen and oxygen atoms in total. The fraction of sp³-hybridized carbons (Fsp3) is 0.300. The predicted octanol–water partition coefficient (Wildman–Crippen LogP) is 1.92. The number of hydrogen-bond donors (Lipinski definition) is 2. The molecule has 0 unspecified atom stereocenters. The minimum absolute atomic E-state index is 0.0910. The van der Waals surface area contributed by atoms with Crippen molar-refractivity contribution in [3.63, 3.8) is 0 Å². The van der Waals surface area contributed by atoms with Gasteiger partial charge in [-0.3, -0.25) is 14.9 Å². The number of amides is 1. The van der Waals surface area contributed by atoms with Gasteiger partial charge in [0.05, 0.1) is 11.0 Å². The number of halogens is 1. The van der Waals surface area contributed by atoms with Crippen molar-refractivity contribution in [3.8, 4) is 0 Å². The molecule has 0 aliphatic heterocycles. The molecule has 0 saturated heterocycles. The lowest BCUT2D eigenvalue weighted by atomic mass is 10.2. The lowest BCUT2D eigenvalue weighted by Gasteiger charge is -2.10. The van der Waals surface area contributed by atoms with Crippen molar-refractivity contribution in [2.24, 2.45) is 5.73 Å². The first kappa shape index (κ1) is 13.4. The highest BCUT2D eigenvalue weighted by Gasteiger charge is 2.18. The van der Waals surface area contributed by atoms with Crippen molar-refractivity contribution >= 4 is 28.9 Å². The van der Waals surface area contributed by atoms with Gasteiger partial charge >= 0.3 is 0 Å². The molecule has 0 aromatic heterocycles. The highest BCUT2D eigenvalue weighted by atomic mass is 35.5. The molecule has 1 atom stereocenters. The molecule has 0 bridgehead atoms. The maximum atomic E-state index is 11.5. The average molecular weight is 258 g/mol. The molecule has 1 rings (SSSR count). The summed E-state index contributed by atoms with van der Waals surface area (Å²) in [6.07, 6.45) is 0.452. The van der Waals surface area contributed by atoms with E-state index in [1.54, 1.807) is 6.92 Å². The molecule has 1 amide bonds. The second kappa shape index (κ2) is 5.60. The molecule has 3 N–H and O–H groups in total. The van der Waals surface area contributed by atoms with E-state index in [4.69, 9.17) is 17.3 Å². The van der Waals surface area contributed by atoms with Crippen molar-refractivity contribution in [1.29, 1.82) is 0 Å². The smallest absolute Gasteiger partial charge is 0.294 e. The highest BCUT2D eigenvalue weighted by molar-refractivity contribution is 6.31. The Hall–Kier alpha value is -1.66. The van der Waals surface area contributed by atoms with Crippen LogP contribution in [0.2, 0.25) is 5.02 Å². The number of nitrogens with one attached hydrogen (secondary N) is 1. The third-order valence-electron chi connectivity index (χ3n) is 2.19. The topological polar surface area (TPSA) is 98.3 Å². The Morgan fingerprint density at radius 1 is 1.65 bits per heavy atom. The van der Waals surface area contributed by atoms with Gasteiger partial charge in [-0.15, -0.1) is 0 Å². The minimum Gasteiger partial charge on any atom is -0.320 e. The van der Waals surface area contributed by atoms with Gasteiger partial charge in [0, 0.05) is 11.1 Å². The summed E-state index contributed by atoms with van der Waals surface area (Å²) in [5.41, 5.74) is 5.35. The van der Waals surface area contributed by atoms with Crippen LogP contribution in [0, 0.1) is 10.1 Å². The van der Waals surface area contributed by atoms with Gasteiger partial charge in [0.15, 0.2) is 0 Å². The SMILES string of the molecule is CC[C@@H](N)C(=O)Nc1ccc(Cl)cc1[N+](=O)[O-]. The van der Waals surface area contributed by atoms with Crippen LogP contribution in [0.3, 0.4) is 0 Å². The van der Waals surface area contributed by atoms with Gasteiger partial charge in [-0.05, 0) is 18.6 Å². The second-order valence-electron chi connectivity index (χ2n) is 3.42. The average Bonchev–Trinajstić information content (AvgIpc) is 2.29. The quantitative estimate of drug-likeness (QED) is 0.636. The van der Waals surface area contributed by atoms with Gasteiger partial charge < -0.3 is 11.1 Å². The number of benzene rings is 1. The van der Waals surface area contributed by atoms with Crippen LogP contribution < -0.4 is 11.1 Å².